The van der Waals surface area contributed by atoms with Crippen LogP contribution in [0, 0.1) is 6.92 Å². The van der Waals surface area contributed by atoms with E-state index in [0.717, 1.165) is 12.2 Å². The Morgan fingerprint density at radius 3 is 2.82 bits per heavy atom. The summed E-state index contributed by atoms with van der Waals surface area (Å²) in [5, 5.41) is 0. The Bertz CT molecular complexity index is 203. The standard InChI is InChI=1S/C9H16N2/c1-3-4-5-6-11-7-9(2)10-8-11/h7-8H,3-6H2,1-2H3. The fraction of sp³-hybridized carbons (Fsp3) is 0.667. The zero-order chi connectivity index (χ0) is 8.10. The third-order valence-corrected chi connectivity index (χ3v) is 1.78. The Hall–Kier alpha value is -0.790. The number of rotatable bonds is 4. The minimum atomic E-state index is 1.11. The number of unbranched alkanes of at least 4 members (excludes halogenated alkanes) is 2. The summed E-state index contributed by atoms with van der Waals surface area (Å²) in [6, 6.07) is 0. The first-order chi connectivity index (χ1) is 5.33. The Balaban J connectivity index is 2.27. The van der Waals surface area contributed by atoms with Gasteiger partial charge < -0.3 is 4.57 Å². The van der Waals surface area contributed by atoms with Crippen LogP contribution in [0.2, 0.25) is 0 Å². The van der Waals surface area contributed by atoms with Gasteiger partial charge in [-0.2, -0.15) is 0 Å². The second-order valence-electron chi connectivity index (χ2n) is 2.96. The topological polar surface area (TPSA) is 17.8 Å². The number of hydrogen-bond donors (Lipinski definition) is 0. The maximum Gasteiger partial charge on any atom is 0.0949 e. The van der Waals surface area contributed by atoms with Crippen molar-refractivity contribution in [1.82, 2.24) is 9.55 Å². The van der Waals surface area contributed by atoms with Crippen molar-refractivity contribution < 1.29 is 0 Å². The largest absolute Gasteiger partial charge is 0.337 e. The molecule has 0 aliphatic rings. The second kappa shape index (κ2) is 4.16. The molecule has 0 saturated carbocycles. The van der Waals surface area contributed by atoms with Crippen molar-refractivity contribution in [1.29, 1.82) is 0 Å². The van der Waals surface area contributed by atoms with E-state index in [-0.39, 0.29) is 0 Å². The number of aromatic nitrogens is 2. The molecule has 0 fully saturated rings. The van der Waals surface area contributed by atoms with Gasteiger partial charge in [-0.1, -0.05) is 19.8 Å². The summed E-state index contributed by atoms with van der Waals surface area (Å²) in [5.41, 5.74) is 1.11. The van der Waals surface area contributed by atoms with Gasteiger partial charge in [-0.15, -0.1) is 0 Å². The molecule has 0 spiro atoms. The van der Waals surface area contributed by atoms with Gasteiger partial charge in [-0.05, 0) is 13.3 Å². The van der Waals surface area contributed by atoms with Crippen molar-refractivity contribution >= 4 is 0 Å². The average Bonchev–Trinajstić information content (AvgIpc) is 2.37. The van der Waals surface area contributed by atoms with E-state index < -0.39 is 0 Å². The van der Waals surface area contributed by atoms with Crippen LogP contribution in [0.5, 0.6) is 0 Å². The van der Waals surface area contributed by atoms with Gasteiger partial charge in [0.25, 0.3) is 0 Å². The molecule has 1 aromatic heterocycles. The molecular weight excluding hydrogens is 136 g/mol. The minimum absolute atomic E-state index is 1.11. The summed E-state index contributed by atoms with van der Waals surface area (Å²) in [6.07, 6.45) is 7.87. The fourth-order valence-electron chi connectivity index (χ4n) is 1.14. The Morgan fingerprint density at radius 2 is 2.27 bits per heavy atom. The van der Waals surface area contributed by atoms with Gasteiger partial charge in [0.2, 0.25) is 0 Å². The molecule has 2 heteroatoms. The molecule has 0 amide bonds. The van der Waals surface area contributed by atoms with Crippen LogP contribution in [0.1, 0.15) is 31.9 Å². The monoisotopic (exact) mass is 152 g/mol. The number of nitrogens with zero attached hydrogens (tertiary/aromatic N) is 2. The van der Waals surface area contributed by atoms with Crippen LogP contribution in [0.25, 0.3) is 0 Å². The van der Waals surface area contributed by atoms with E-state index in [0.29, 0.717) is 0 Å². The van der Waals surface area contributed by atoms with Crippen molar-refractivity contribution in [2.45, 2.75) is 39.7 Å². The molecule has 11 heavy (non-hydrogen) atoms. The van der Waals surface area contributed by atoms with E-state index in [4.69, 9.17) is 0 Å². The van der Waals surface area contributed by atoms with E-state index >= 15 is 0 Å². The van der Waals surface area contributed by atoms with E-state index in [1.807, 2.05) is 13.3 Å². The molecule has 0 unspecified atom stereocenters. The zero-order valence-corrected chi connectivity index (χ0v) is 7.38. The Morgan fingerprint density at radius 1 is 1.45 bits per heavy atom. The van der Waals surface area contributed by atoms with Crippen LogP contribution in [0.3, 0.4) is 0 Å². The first kappa shape index (κ1) is 8.31. The van der Waals surface area contributed by atoms with Crippen LogP contribution in [0.4, 0.5) is 0 Å². The molecule has 1 rings (SSSR count). The quantitative estimate of drug-likeness (QED) is 0.606. The lowest BCUT2D eigenvalue weighted by molar-refractivity contribution is 0.602. The Kier molecular flexibility index (Phi) is 3.14. The molecule has 62 valence electrons. The van der Waals surface area contributed by atoms with Crippen molar-refractivity contribution in [2.75, 3.05) is 0 Å². The molecule has 0 N–H and O–H groups in total. The molecule has 1 aromatic rings. The third kappa shape index (κ3) is 2.74. The highest BCUT2D eigenvalue weighted by atomic mass is 15.0. The van der Waals surface area contributed by atoms with Crippen molar-refractivity contribution in [3.05, 3.63) is 18.2 Å². The van der Waals surface area contributed by atoms with E-state index in [2.05, 4.69) is 22.7 Å². The lowest BCUT2D eigenvalue weighted by Crippen LogP contribution is -1.93. The molecular formula is C9H16N2. The highest BCUT2D eigenvalue weighted by Gasteiger charge is 1.91. The SMILES string of the molecule is CCCCCn1cnc(C)c1. The van der Waals surface area contributed by atoms with Gasteiger partial charge in [0.15, 0.2) is 0 Å². The first-order valence-electron chi connectivity index (χ1n) is 4.31. The summed E-state index contributed by atoms with van der Waals surface area (Å²) < 4.78 is 2.16. The van der Waals surface area contributed by atoms with Crippen LogP contribution in [-0.2, 0) is 6.54 Å². The lowest BCUT2D eigenvalue weighted by atomic mass is 10.2. The molecule has 0 saturated heterocycles. The maximum atomic E-state index is 4.16. The number of hydrogen-bond acceptors (Lipinski definition) is 1. The van der Waals surface area contributed by atoms with E-state index in [1.54, 1.807) is 0 Å². The van der Waals surface area contributed by atoms with E-state index in [9.17, 15) is 0 Å². The van der Waals surface area contributed by atoms with Crippen LogP contribution in [0.15, 0.2) is 12.5 Å². The zero-order valence-electron chi connectivity index (χ0n) is 7.38. The first-order valence-corrected chi connectivity index (χ1v) is 4.31. The summed E-state index contributed by atoms with van der Waals surface area (Å²) in [7, 11) is 0. The second-order valence-corrected chi connectivity index (χ2v) is 2.96. The average molecular weight is 152 g/mol. The van der Waals surface area contributed by atoms with Gasteiger partial charge >= 0.3 is 0 Å². The lowest BCUT2D eigenvalue weighted by Gasteiger charge is -1.98. The molecule has 2 nitrogen and oxygen atoms in total. The maximum absolute atomic E-state index is 4.16. The van der Waals surface area contributed by atoms with Gasteiger partial charge in [0, 0.05) is 12.7 Å². The molecule has 0 bridgehead atoms. The summed E-state index contributed by atoms with van der Waals surface area (Å²) in [4.78, 5) is 4.16. The fourth-order valence-corrected chi connectivity index (χ4v) is 1.14. The summed E-state index contributed by atoms with van der Waals surface area (Å²) in [6.45, 7) is 5.37. The van der Waals surface area contributed by atoms with Gasteiger partial charge in [0.05, 0.1) is 12.0 Å². The van der Waals surface area contributed by atoms with Crippen molar-refractivity contribution in [3.63, 3.8) is 0 Å². The van der Waals surface area contributed by atoms with Gasteiger partial charge in [-0.3, -0.25) is 0 Å². The molecule has 1 heterocycles. The van der Waals surface area contributed by atoms with E-state index in [1.165, 1.54) is 19.3 Å². The van der Waals surface area contributed by atoms with Gasteiger partial charge in [0.1, 0.15) is 0 Å². The highest BCUT2D eigenvalue weighted by Crippen LogP contribution is 1.99. The molecule has 0 atom stereocenters. The number of aryl methyl sites for hydroxylation is 2. The molecule has 0 aliphatic carbocycles. The smallest absolute Gasteiger partial charge is 0.0949 e. The number of imidazole rings is 1. The highest BCUT2D eigenvalue weighted by molar-refractivity contribution is 4.91. The Labute approximate surface area is 68.3 Å². The normalized spacial score (nSPS) is 10.4. The molecule has 0 radical (unpaired) electrons. The van der Waals surface area contributed by atoms with Crippen molar-refractivity contribution in [2.24, 2.45) is 0 Å². The van der Waals surface area contributed by atoms with Crippen LogP contribution in [-0.4, -0.2) is 9.55 Å². The predicted octanol–water partition coefficient (Wildman–Crippen LogP) is 2.38. The van der Waals surface area contributed by atoms with Crippen molar-refractivity contribution in [3.8, 4) is 0 Å². The predicted molar refractivity (Wildman–Crippen MR) is 46.5 cm³/mol. The van der Waals surface area contributed by atoms with Crippen LogP contribution >= 0.6 is 0 Å². The third-order valence-electron chi connectivity index (χ3n) is 1.78. The summed E-state index contributed by atoms with van der Waals surface area (Å²) in [5.74, 6) is 0. The summed E-state index contributed by atoms with van der Waals surface area (Å²) >= 11 is 0. The molecule has 0 aliphatic heterocycles. The minimum Gasteiger partial charge on any atom is -0.337 e. The van der Waals surface area contributed by atoms with Crippen LogP contribution < -0.4 is 0 Å². The molecule has 0 aromatic carbocycles. The van der Waals surface area contributed by atoms with Gasteiger partial charge in [-0.25, -0.2) is 4.98 Å².